The largest absolute Gasteiger partial charge is 0.214 e. The zero-order chi connectivity index (χ0) is 47.4. The van der Waals surface area contributed by atoms with Crippen molar-refractivity contribution in [1.82, 2.24) is 0 Å². The average Bonchev–Trinajstić information content (AvgIpc) is 3.29. The van der Waals surface area contributed by atoms with Crippen molar-refractivity contribution in [2.75, 3.05) is 0 Å². The smallest absolute Gasteiger partial charge is 0.207 e. The Morgan fingerprint density at radius 3 is 1.00 bits per heavy atom. The van der Waals surface area contributed by atoms with Gasteiger partial charge < -0.3 is 0 Å². The maximum atomic E-state index is 15.4. The van der Waals surface area contributed by atoms with Crippen molar-refractivity contribution in [1.29, 1.82) is 5.26 Å². The number of nitriles is 1. The number of pyridine rings is 1. The van der Waals surface area contributed by atoms with E-state index in [1.54, 1.807) is 0 Å². The SMILES string of the molecule is Fc1c(F)c(F)c([B-](c2c(F)c(F)c(F)c(F)c2F)(c2c(F)c(F)c(F)c(F)c2F)c2c(F)c(F)c(F)c(F)c2F)c(F)c1F.N#Cc1ccc2ccc[n+](Cc3ccccc3)c2c1. The first-order valence-electron chi connectivity index (χ1n) is 17.2. The molecule has 0 unspecified atom stereocenters. The molecule has 0 saturated heterocycles. The van der Waals surface area contributed by atoms with Crippen LogP contribution in [0.5, 0.6) is 0 Å². The molecule has 0 fully saturated rings. The molecule has 0 aliphatic carbocycles. The Labute approximate surface area is 343 Å². The maximum absolute atomic E-state index is 15.4. The summed E-state index contributed by atoms with van der Waals surface area (Å²) in [5, 5.41) is 10.2. The summed E-state index contributed by atoms with van der Waals surface area (Å²) < 4.78 is 296. The zero-order valence-corrected chi connectivity index (χ0v) is 30.6. The second-order valence-electron chi connectivity index (χ2n) is 13.3. The van der Waals surface area contributed by atoms with Crippen molar-refractivity contribution in [2.24, 2.45) is 0 Å². The number of nitrogens with zero attached hydrogens (tertiary/aromatic N) is 2. The Hall–Kier alpha value is -7.12. The highest BCUT2D eigenvalue weighted by Crippen LogP contribution is 2.31. The molecular weight excluding hydrogens is 911 g/mol. The summed E-state index contributed by atoms with van der Waals surface area (Å²) >= 11 is 0. The zero-order valence-electron chi connectivity index (χ0n) is 30.6. The molecule has 0 bridgehead atoms. The molecule has 330 valence electrons. The van der Waals surface area contributed by atoms with E-state index in [1.807, 2.05) is 42.5 Å². The van der Waals surface area contributed by atoms with Gasteiger partial charge in [-0.2, -0.15) is 9.83 Å². The molecule has 7 aromatic rings. The predicted octanol–water partition coefficient (Wildman–Crippen LogP) is 8.89. The predicted molar refractivity (Wildman–Crippen MR) is 184 cm³/mol. The van der Waals surface area contributed by atoms with Gasteiger partial charge in [0.15, 0.2) is 82.5 Å². The fourth-order valence-corrected chi connectivity index (χ4v) is 7.13. The lowest BCUT2D eigenvalue weighted by Crippen LogP contribution is -2.81. The number of halogens is 20. The Kier molecular flexibility index (Phi) is 12.5. The monoisotopic (exact) mass is 924 g/mol. The Morgan fingerprint density at radius 2 is 0.688 bits per heavy atom. The van der Waals surface area contributed by atoms with Gasteiger partial charge in [-0.05, 0) is 18.2 Å². The summed E-state index contributed by atoms with van der Waals surface area (Å²) in [4.78, 5) is 0. The second-order valence-corrected chi connectivity index (χ2v) is 13.3. The summed E-state index contributed by atoms with van der Waals surface area (Å²) in [6, 6.07) is 22.4. The minimum absolute atomic E-state index is 0.695. The molecule has 0 aliphatic heterocycles. The first-order chi connectivity index (χ1) is 30.1. The molecule has 0 aliphatic rings. The summed E-state index contributed by atoms with van der Waals surface area (Å²) in [6.07, 6.45) is -5.16. The molecule has 64 heavy (non-hydrogen) atoms. The van der Waals surface area contributed by atoms with E-state index in [4.69, 9.17) is 5.26 Å². The van der Waals surface area contributed by atoms with Crippen molar-refractivity contribution in [3.05, 3.63) is 194 Å². The highest BCUT2D eigenvalue weighted by Gasteiger charge is 2.52. The van der Waals surface area contributed by atoms with Crippen LogP contribution in [0, 0.1) is 128 Å². The third-order valence-electron chi connectivity index (χ3n) is 9.91. The third-order valence-corrected chi connectivity index (χ3v) is 9.91. The summed E-state index contributed by atoms with van der Waals surface area (Å²) in [6.45, 7) is 0.813. The van der Waals surface area contributed by atoms with E-state index in [0.29, 0.717) is 5.56 Å². The molecule has 7 rings (SSSR count). The van der Waals surface area contributed by atoms with Crippen molar-refractivity contribution in [3.63, 3.8) is 0 Å². The van der Waals surface area contributed by atoms with E-state index in [9.17, 15) is 52.7 Å². The quantitative estimate of drug-likeness (QED) is 0.0539. The Morgan fingerprint density at radius 1 is 0.375 bits per heavy atom. The van der Waals surface area contributed by atoms with E-state index < -0.39 is 144 Å². The standard InChI is InChI=1S/C24BF20.C17H13N2/c26-5-1(6(27)14(35)21(42)13(5)34)25(2-7(28)15(36)22(43)16(37)8(2)29,3-9(30)17(38)23(44)18(39)10(3)31)4-11(32)19(40)24(45)20(41)12(4)33;18-12-15-8-9-16-7-4-10-19(17(16)11-15)13-14-5-2-1-3-6-14/h;1-11H,13H2/q-1;+1. The molecular formula is C41H13BF20N2. The first-order valence-corrected chi connectivity index (χ1v) is 17.2. The lowest BCUT2D eigenvalue weighted by Gasteiger charge is -2.44. The van der Waals surface area contributed by atoms with Gasteiger partial charge in [0.05, 0.1) is 11.6 Å². The van der Waals surface area contributed by atoms with Crippen LogP contribution in [0.15, 0.2) is 66.9 Å². The molecule has 6 aromatic carbocycles. The van der Waals surface area contributed by atoms with E-state index in [-0.39, 0.29) is 0 Å². The summed E-state index contributed by atoms with van der Waals surface area (Å²) in [7, 11) is 0. The van der Waals surface area contributed by atoms with Gasteiger partial charge in [0, 0.05) is 23.1 Å². The van der Waals surface area contributed by atoms with Crippen molar-refractivity contribution in [2.45, 2.75) is 6.54 Å². The first kappa shape index (κ1) is 46.4. The molecule has 1 aromatic heterocycles. The molecule has 0 radical (unpaired) electrons. The van der Waals surface area contributed by atoms with Crippen molar-refractivity contribution < 1.29 is 92.4 Å². The van der Waals surface area contributed by atoms with Crippen LogP contribution in [-0.4, -0.2) is 6.15 Å². The van der Waals surface area contributed by atoms with E-state index >= 15 is 35.1 Å². The van der Waals surface area contributed by atoms with Crippen molar-refractivity contribution in [3.8, 4) is 6.07 Å². The van der Waals surface area contributed by atoms with Crippen LogP contribution in [0.3, 0.4) is 0 Å². The fraction of sp³-hybridized carbons (Fsp3) is 0.0244. The third kappa shape index (κ3) is 7.09. The Bertz CT molecular complexity index is 2720. The van der Waals surface area contributed by atoms with Gasteiger partial charge in [0.2, 0.25) is 5.52 Å². The number of hydrogen-bond acceptors (Lipinski definition) is 1. The molecule has 0 N–H and O–H groups in total. The van der Waals surface area contributed by atoms with Crippen LogP contribution in [0.4, 0.5) is 87.8 Å². The van der Waals surface area contributed by atoms with Crippen LogP contribution in [0.1, 0.15) is 11.1 Å². The van der Waals surface area contributed by atoms with Crippen LogP contribution in [-0.2, 0) is 6.54 Å². The number of rotatable bonds is 6. The molecule has 0 spiro atoms. The molecule has 23 heteroatoms. The Balaban J connectivity index is 0.000000295. The molecule has 0 atom stereocenters. The van der Waals surface area contributed by atoms with Gasteiger partial charge in [-0.25, -0.2) is 87.8 Å². The second kappa shape index (κ2) is 17.2. The molecule has 0 amide bonds. The van der Waals surface area contributed by atoms with E-state index in [1.165, 1.54) is 5.56 Å². The van der Waals surface area contributed by atoms with Gasteiger partial charge in [-0.15, -0.1) is 21.9 Å². The normalized spacial score (nSPS) is 11.5. The molecule has 0 saturated carbocycles. The van der Waals surface area contributed by atoms with E-state index in [0.717, 1.165) is 17.4 Å². The van der Waals surface area contributed by atoms with Crippen LogP contribution in [0.2, 0.25) is 0 Å². The van der Waals surface area contributed by atoms with Crippen LogP contribution >= 0.6 is 0 Å². The number of benzene rings is 6. The molecule has 1 heterocycles. The van der Waals surface area contributed by atoms with Crippen LogP contribution < -0.4 is 26.4 Å². The topological polar surface area (TPSA) is 27.7 Å². The summed E-state index contributed by atoms with van der Waals surface area (Å²) in [5.74, 6) is -71.4. The van der Waals surface area contributed by atoms with Gasteiger partial charge in [0.1, 0.15) is 52.7 Å². The number of aromatic nitrogens is 1. The minimum Gasteiger partial charge on any atom is -0.207 e. The van der Waals surface area contributed by atoms with E-state index in [2.05, 4.69) is 35.0 Å². The lowest BCUT2D eigenvalue weighted by molar-refractivity contribution is -0.662. The average molecular weight is 924 g/mol. The molecule has 2 nitrogen and oxygen atoms in total. The highest BCUT2D eigenvalue weighted by molar-refractivity contribution is 7.20. The van der Waals surface area contributed by atoms with Gasteiger partial charge in [-0.1, -0.05) is 30.3 Å². The minimum atomic E-state index is -7.22. The lowest BCUT2D eigenvalue weighted by atomic mass is 9.12. The van der Waals surface area contributed by atoms with Crippen molar-refractivity contribution >= 4 is 38.9 Å². The summed E-state index contributed by atoms with van der Waals surface area (Å²) in [5.41, 5.74) is -11.3. The van der Waals surface area contributed by atoms with Gasteiger partial charge >= 0.3 is 0 Å². The maximum Gasteiger partial charge on any atom is 0.214 e. The van der Waals surface area contributed by atoms with Crippen LogP contribution in [0.25, 0.3) is 10.9 Å². The number of hydrogen-bond donors (Lipinski definition) is 0. The highest BCUT2D eigenvalue weighted by atomic mass is 19.2. The number of fused-ring (bicyclic) bond motifs is 1. The fourth-order valence-electron chi connectivity index (χ4n) is 7.13. The van der Waals surface area contributed by atoms with Gasteiger partial charge in [-0.3, -0.25) is 0 Å². The van der Waals surface area contributed by atoms with Gasteiger partial charge in [0.25, 0.3) is 0 Å².